The second kappa shape index (κ2) is 5.89. The van der Waals surface area contributed by atoms with Gasteiger partial charge >= 0.3 is 6.18 Å². The van der Waals surface area contributed by atoms with Gasteiger partial charge < -0.3 is 0 Å². The van der Waals surface area contributed by atoms with Crippen LogP contribution in [0, 0.1) is 5.92 Å². The Bertz CT molecular complexity index is 358. The molecule has 17 heavy (non-hydrogen) atoms. The van der Waals surface area contributed by atoms with E-state index in [0.717, 1.165) is 6.07 Å². The molecule has 1 unspecified atom stereocenters. The maximum absolute atomic E-state index is 12.7. The summed E-state index contributed by atoms with van der Waals surface area (Å²) in [7, 11) is 0. The SMILES string of the molecule is CC(C)C(Br)CCc1ccccc1C(F)(F)F. The molecule has 0 aromatic heterocycles. The van der Waals surface area contributed by atoms with Crippen molar-refractivity contribution in [3.8, 4) is 0 Å². The fourth-order valence-electron chi connectivity index (χ4n) is 1.64. The summed E-state index contributed by atoms with van der Waals surface area (Å²) in [5.74, 6) is 0.424. The Morgan fingerprint density at radius 3 is 2.29 bits per heavy atom. The molecule has 0 N–H and O–H groups in total. The quantitative estimate of drug-likeness (QED) is 0.682. The third kappa shape index (κ3) is 4.34. The third-order valence-electron chi connectivity index (χ3n) is 2.74. The van der Waals surface area contributed by atoms with Crippen LogP contribution in [0.4, 0.5) is 13.2 Å². The lowest BCUT2D eigenvalue weighted by molar-refractivity contribution is -0.138. The van der Waals surface area contributed by atoms with Crippen LogP contribution in [0.5, 0.6) is 0 Å². The van der Waals surface area contributed by atoms with E-state index in [9.17, 15) is 13.2 Å². The molecule has 0 bridgehead atoms. The zero-order chi connectivity index (χ0) is 13.1. The van der Waals surface area contributed by atoms with Crippen molar-refractivity contribution in [2.24, 2.45) is 5.92 Å². The Morgan fingerprint density at radius 2 is 1.76 bits per heavy atom. The predicted molar refractivity (Wildman–Crippen MR) is 67.3 cm³/mol. The molecule has 0 heterocycles. The van der Waals surface area contributed by atoms with Gasteiger partial charge in [0.05, 0.1) is 5.56 Å². The number of rotatable bonds is 4. The molecule has 0 saturated heterocycles. The minimum atomic E-state index is -4.25. The molecule has 4 heteroatoms. The van der Waals surface area contributed by atoms with E-state index in [2.05, 4.69) is 29.8 Å². The van der Waals surface area contributed by atoms with Gasteiger partial charge in [0.25, 0.3) is 0 Å². The third-order valence-corrected chi connectivity index (χ3v) is 4.25. The molecule has 0 fully saturated rings. The Hall–Kier alpha value is -0.510. The first-order chi connectivity index (χ1) is 7.82. The molecule has 1 aromatic carbocycles. The van der Waals surface area contributed by atoms with Crippen LogP contribution in [0.1, 0.15) is 31.4 Å². The van der Waals surface area contributed by atoms with Crippen molar-refractivity contribution < 1.29 is 13.2 Å². The summed E-state index contributed by atoms with van der Waals surface area (Å²) < 4.78 is 38.2. The molecular weight excluding hydrogens is 293 g/mol. The van der Waals surface area contributed by atoms with Crippen LogP contribution in [-0.4, -0.2) is 4.83 Å². The number of hydrogen-bond donors (Lipinski definition) is 0. The smallest absolute Gasteiger partial charge is 0.166 e. The fourth-order valence-corrected chi connectivity index (χ4v) is 1.87. The van der Waals surface area contributed by atoms with Crippen LogP contribution in [0.15, 0.2) is 24.3 Å². The number of aryl methyl sites for hydroxylation is 1. The van der Waals surface area contributed by atoms with Crippen LogP contribution >= 0.6 is 15.9 Å². The van der Waals surface area contributed by atoms with Crippen molar-refractivity contribution >= 4 is 15.9 Å². The second-order valence-electron chi connectivity index (χ2n) is 4.45. The van der Waals surface area contributed by atoms with E-state index in [0.29, 0.717) is 24.3 Å². The van der Waals surface area contributed by atoms with Gasteiger partial charge in [0.15, 0.2) is 0 Å². The van der Waals surface area contributed by atoms with E-state index < -0.39 is 11.7 Å². The standard InChI is InChI=1S/C13H16BrF3/c1-9(2)12(14)8-7-10-5-3-4-6-11(10)13(15,16)17/h3-6,9,12H,7-8H2,1-2H3. The van der Waals surface area contributed by atoms with Gasteiger partial charge in [-0.05, 0) is 30.4 Å². The maximum atomic E-state index is 12.7. The minimum absolute atomic E-state index is 0.254. The topological polar surface area (TPSA) is 0 Å². The van der Waals surface area contributed by atoms with Gasteiger partial charge in [-0.15, -0.1) is 0 Å². The molecular formula is C13H16BrF3. The van der Waals surface area contributed by atoms with Gasteiger partial charge in [0.2, 0.25) is 0 Å². The Kier molecular flexibility index (Phi) is 5.04. The number of benzene rings is 1. The van der Waals surface area contributed by atoms with Crippen molar-refractivity contribution in [3.63, 3.8) is 0 Å². The predicted octanol–water partition coefficient (Wildman–Crippen LogP) is 5.06. The molecule has 0 saturated carbocycles. The zero-order valence-electron chi connectivity index (χ0n) is 9.89. The Morgan fingerprint density at radius 1 is 1.18 bits per heavy atom. The molecule has 1 rings (SSSR count). The molecule has 0 aliphatic carbocycles. The van der Waals surface area contributed by atoms with E-state index in [1.807, 2.05) is 0 Å². The maximum Gasteiger partial charge on any atom is 0.416 e. The lowest BCUT2D eigenvalue weighted by Gasteiger charge is -2.16. The minimum Gasteiger partial charge on any atom is -0.166 e. The molecule has 0 aliphatic heterocycles. The van der Waals surface area contributed by atoms with E-state index in [-0.39, 0.29) is 4.83 Å². The average Bonchev–Trinajstić information content (AvgIpc) is 2.24. The number of alkyl halides is 4. The highest BCUT2D eigenvalue weighted by Gasteiger charge is 2.32. The summed E-state index contributed by atoms with van der Waals surface area (Å²) in [4.78, 5) is 0.254. The zero-order valence-corrected chi connectivity index (χ0v) is 11.5. The summed E-state index contributed by atoms with van der Waals surface area (Å²) in [5.41, 5.74) is -0.131. The first kappa shape index (κ1) is 14.6. The van der Waals surface area contributed by atoms with E-state index in [4.69, 9.17) is 0 Å². The lowest BCUT2D eigenvalue weighted by Crippen LogP contribution is -2.12. The molecule has 0 radical (unpaired) electrons. The monoisotopic (exact) mass is 308 g/mol. The molecule has 1 aromatic rings. The van der Waals surface area contributed by atoms with E-state index >= 15 is 0 Å². The first-order valence-electron chi connectivity index (χ1n) is 5.61. The van der Waals surface area contributed by atoms with Crippen molar-refractivity contribution in [1.82, 2.24) is 0 Å². The summed E-state index contributed by atoms with van der Waals surface area (Å²) in [6, 6.07) is 5.79. The summed E-state index contributed by atoms with van der Waals surface area (Å²) in [5, 5.41) is 0. The van der Waals surface area contributed by atoms with Crippen molar-refractivity contribution in [2.75, 3.05) is 0 Å². The fraction of sp³-hybridized carbons (Fsp3) is 0.538. The molecule has 0 spiro atoms. The highest BCUT2D eigenvalue weighted by Crippen LogP contribution is 2.33. The van der Waals surface area contributed by atoms with Crippen LogP contribution in [0.3, 0.4) is 0 Å². The van der Waals surface area contributed by atoms with Crippen LogP contribution in [0.2, 0.25) is 0 Å². The number of halogens is 4. The van der Waals surface area contributed by atoms with E-state index in [1.165, 1.54) is 6.07 Å². The Balaban J connectivity index is 2.78. The second-order valence-corrected chi connectivity index (χ2v) is 5.63. The molecule has 0 amide bonds. The lowest BCUT2D eigenvalue weighted by atomic mass is 9.98. The molecule has 0 aliphatic rings. The van der Waals surface area contributed by atoms with Crippen LogP contribution < -0.4 is 0 Å². The summed E-state index contributed by atoms with van der Waals surface area (Å²) in [6.45, 7) is 4.10. The van der Waals surface area contributed by atoms with Crippen molar-refractivity contribution in [2.45, 2.75) is 37.7 Å². The van der Waals surface area contributed by atoms with Gasteiger partial charge in [0.1, 0.15) is 0 Å². The van der Waals surface area contributed by atoms with Crippen LogP contribution in [0.25, 0.3) is 0 Å². The summed E-state index contributed by atoms with van der Waals surface area (Å²) >= 11 is 3.49. The van der Waals surface area contributed by atoms with E-state index in [1.54, 1.807) is 12.1 Å². The van der Waals surface area contributed by atoms with Gasteiger partial charge in [-0.1, -0.05) is 48.0 Å². The first-order valence-corrected chi connectivity index (χ1v) is 6.53. The van der Waals surface area contributed by atoms with Gasteiger partial charge in [-0.2, -0.15) is 13.2 Å². The highest BCUT2D eigenvalue weighted by molar-refractivity contribution is 9.09. The van der Waals surface area contributed by atoms with Crippen LogP contribution in [-0.2, 0) is 12.6 Å². The van der Waals surface area contributed by atoms with Crippen molar-refractivity contribution in [1.29, 1.82) is 0 Å². The van der Waals surface area contributed by atoms with Crippen molar-refractivity contribution in [3.05, 3.63) is 35.4 Å². The Labute approximate surface area is 108 Å². The van der Waals surface area contributed by atoms with Gasteiger partial charge in [-0.3, -0.25) is 0 Å². The largest absolute Gasteiger partial charge is 0.416 e. The van der Waals surface area contributed by atoms with Gasteiger partial charge in [-0.25, -0.2) is 0 Å². The highest BCUT2D eigenvalue weighted by atomic mass is 79.9. The molecule has 0 nitrogen and oxygen atoms in total. The molecule has 96 valence electrons. The summed E-state index contributed by atoms with van der Waals surface area (Å²) in [6.07, 6.45) is -3.09. The normalized spacial score (nSPS) is 14.1. The number of hydrogen-bond acceptors (Lipinski definition) is 0. The van der Waals surface area contributed by atoms with Gasteiger partial charge in [0, 0.05) is 4.83 Å². The average molecular weight is 309 g/mol. The molecule has 1 atom stereocenters.